The lowest BCUT2D eigenvalue weighted by molar-refractivity contribution is -0.140. The van der Waals surface area contributed by atoms with Gasteiger partial charge in [-0.3, -0.25) is 10.1 Å². The van der Waals surface area contributed by atoms with E-state index in [2.05, 4.69) is 15.6 Å². The summed E-state index contributed by atoms with van der Waals surface area (Å²) in [7, 11) is 0. The average molecular weight is 468 g/mol. The number of hydrogen-bond donors (Lipinski definition) is 4. The minimum absolute atomic E-state index is 0.0889. The Morgan fingerprint density at radius 3 is 2.27 bits per heavy atom. The lowest BCUT2D eigenvalue weighted by Crippen LogP contribution is -2.43. The number of carboxylic acids is 1. The molecule has 0 fully saturated rings. The Kier molecular flexibility index (Phi) is 6.38. The van der Waals surface area contributed by atoms with Gasteiger partial charge >= 0.3 is 12.1 Å². The van der Waals surface area contributed by atoms with Crippen molar-refractivity contribution in [1.82, 2.24) is 10.3 Å². The number of aryl methyl sites for hydroxylation is 1. The topological polar surface area (TPSA) is 138 Å². The molecule has 4 rings (SSSR count). The third kappa shape index (κ3) is 4.57. The van der Waals surface area contributed by atoms with Gasteiger partial charge in [0, 0.05) is 5.92 Å². The van der Waals surface area contributed by atoms with E-state index in [0.29, 0.717) is 5.69 Å². The molecule has 10 heteroatoms. The number of hydrogen-bond acceptors (Lipinski definition) is 7. The molecule has 170 valence electrons. The van der Waals surface area contributed by atoms with Crippen molar-refractivity contribution >= 4 is 34.4 Å². The number of carbonyl (C=O) groups excluding carboxylic acids is 2. The maximum atomic E-state index is 12.4. The Balaban J connectivity index is 1.41. The van der Waals surface area contributed by atoms with Crippen LogP contribution in [0.15, 0.2) is 48.5 Å². The van der Waals surface area contributed by atoms with Crippen molar-refractivity contribution in [3.8, 4) is 11.1 Å². The number of carboxylic acid groups (broad SMARTS) is 1. The fraction of sp³-hybridized carbons (Fsp3) is 0.217. The van der Waals surface area contributed by atoms with Crippen molar-refractivity contribution in [2.45, 2.75) is 18.9 Å². The maximum Gasteiger partial charge on any atom is 0.413 e. The number of nitrogens with zero attached hydrogens (tertiary/aromatic N) is 1. The van der Waals surface area contributed by atoms with Crippen molar-refractivity contribution in [3.05, 3.63) is 70.2 Å². The Bertz CT molecular complexity index is 1180. The zero-order valence-electron chi connectivity index (χ0n) is 17.6. The fourth-order valence-electron chi connectivity index (χ4n) is 3.79. The summed E-state index contributed by atoms with van der Waals surface area (Å²) >= 11 is 0.886. The smallest absolute Gasteiger partial charge is 0.413 e. The lowest BCUT2D eigenvalue weighted by Gasteiger charge is -2.14. The second-order valence-corrected chi connectivity index (χ2v) is 8.43. The molecule has 0 saturated heterocycles. The molecular weight excluding hydrogens is 446 g/mol. The van der Waals surface area contributed by atoms with Crippen molar-refractivity contribution < 1.29 is 29.3 Å². The number of benzene rings is 2. The van der Waals surface area contributed by atoms with Gasteiger partial charge in [-0.1, -0.05) is 59.9 Å². The van der Waals surface area contributed by atoms with Crippen molar-refractivity contribution in [2.24, 2.45) is 0 Å². The molecule has 2 aromatic carbocycles. The third-order valence-electron chi connectivity index (χ3n) is 5.34. The summed E-state index contributed by atoms with van der Waals surface area (Å²) in [4.78, 5) is 40.0. The number of aliphatic hydroxyl groups is 1. The minimum Gasteiger partial charge on any atom is -0.480 e. The molecule has 0 saturated carbocycles. The van der Waals surface area contributed by atoms with E-state index in [-0.39, 0.29) is 22.5 Å². The fourth-order valence-corrected chi connectivity index (χ4v) is 4.65. The molecule has 2 amide bonds. The number of anilines is 1. The highest BCUT2D eigenvalue weighted by Gasteiger charge is 2.29. The zero-order valence-corrected chi connectivity index (χ0v) is 18.4. The average Bonchev–Trinajstić information content (AvgIpc) is 3.33. The first kappa shape index (κ1) is 22.4. The van der Waals surface area contributed by atoms with Crippen LogP contribution in [0, 0.1) is 6.92 Å². The van der Waals surface area contributed by atoms with Crippen molar-refractivity contribution in [3.63, 3.8) is 0 Å². The van der Waals surface area contributed by atoms with Crippen LogP contribution in [0.4, 0.5) is 9.93 Å². The molecule has 0 aliphatic heterocycles. The van der Waals surface area contributed by atoms with E-state index >= 15 is 0 Å². The first-order valence-electron chi connectivity index (χ1n) is 10.1. The van der Waals surface area contributed by atoms with Crippen LogP contribution in [0.1, 0.15) is 32.4 Å². The number of aliphatic carboxylic acids is 1. The molecule has 1 aliphatic rings. The Hall–Kier alpha value is -3.76. The third-order valence-corrected chi connectivity index (χ3v) is 6.41. The number of rotatable bonds is 7. The van der Waals surface area contributed by atoms with E-state index in [1.807, 2.05) is 48.5 Å². The first-order chi connectivity index (χ1) is 15.9. The number of thiazole rings is 1. The van der Waals surface area contributed by atoms with Gasteiger partial charge in [-0.15, -0.1) is 0 Å². The van der Waals surface area contributed by atoms with Gasteiger partial charge in [-0.05, 0) is 29.2 Å². The van der Waals surface area contributed by atoms with Crippen molar-refractivity contribution in [2.75, 3.05) is 18.5 Å². The summed E-state index contributed by atoms with van der Waals surface area (Å²) in [6.45, 7) is 0.946. The molecule has 3 aromatic rings. The van der Waals surface area contributed by atoms with Gasteiger partial charge in [-0.2, -0.15) is 0 Å². The molecule has 0 bridgehead atoms. The Morgan fingerprint density at radius 1 is 1.09 bits per heavy atom. The standard InChI is InChI=1S/C23H21N3O6S/c1-12-19(20(28)25-18(10-27)21(29)30)33-22(24-12)26-23(31)32-11-17-15-8-4-2-6-13(15)14-7-3-5-9-16(14)17/h2-9,17-18,27H,10-11H2,1H3,(H,25,28)(H,29,30)(H,24,26,31)/t18-/m0/s1. The molecule has 1 heterocycles. The van der Waals surface area contributed by atoms with E-state index in [9.17, 15) is 14.4 Å². The predicted octanol–water partition coefficient (Wildman–Crippen LogP) is 2.99. The summed E-state index contributed by atoms with van der Waals surface area (Å²) < 4.78 is 5.47. The van der Waals surface area contributed by atoms with Crippen LogP contribution >= 0.6 is 11.3 Å². The van der Waals surface area contributed by atoms with Gasteiger partial charge < -0.3 is 20.3 Å². The van der Waals surface area contributed by atoms with Gasteiger partial charge in [0.25, 0.3) is 5.91 Å². The van der Waals surface area contributed by atoms with Crippen molar-refractivity contribution in [1.29, 1.82) is 0 Å². The summed E-state index contributed by atoms with van der Waals surface area (Å²) in [5, 5.41) is 22.9. The van der Waals surface area contributed by atoms with Crippen LogP contribution in [0.3, 0.4) is 0 Å². The predicted molar refractivity (Wildman–Crippen MR) is 122 cm³/mol. The van der Waals surface area contributed by atoms with E-state index in [1.165, 1.54) is 0 Å². The van der Waals surface area contributed by atoms with Crippen LogP contribution in [-0.4, -0.2) is 52.4 Å². The number of carbonyl (C=O) groups is 3. The van der Waals surface area contributed by atoms with Gasteiger partial charge in [0.2, 0.25) is 0 Å². The number of fused-ring (bicyclic) bond motifs is 3. The molecule has 0 spiro atoms. The molecule has 0 unspecified atom stereocenters. The maximum absolute atomic E-state index is 12.4. The number of ether oxygens (including phenoxy) is 1. The molecule has 4 N–H and O–H groups in total. The first-order valence-corrected chi connectivity index (χ1v) is 10.9. The zero-order chi connectivity index (χ0) is 23.5. The molecular formula is C23H21N3O6S. The quantitative estimate of drug-likeness (QED) is 0.419. The highest BCUT2D eigenvalue weighted by atomic mass is 32.1. The number of nitrogens with one attached hydrogen (secondary N) is 2. The monoisotopic (exact) mass is 467 g/mol. The van der Waals surface area contributed by atoms with Gasteiger partial charge in [-0.25, -0.2) is 14.6 Å². The van der Waals surface area contributed by atoms with Crippen LogP contribution in [-0.2, 0) is 9.53 Å². The SMILES string of the molecule is Cc1nc(NC(=O)OCC2c3ccccc3-c3ccccc32)sc1C(=O)N[C@@H](CO)C(=O)O. The molecule has 1 aliphatic carbocycles. The molecule has 33 heavy (non-hydrogen) atoms. The van der Waals surface area contributed by atoms with Crippen LogP contribution in [0.5, 0.6) is 0 Å². The largest absolute Gasteiger partial charge is 0.480 e. The van der Waals surface area contributed by atoms with Gasteiger partial charge in [0.15, 0.2) is 11.2 Å². The van der Waals surface area contributed by atoms with E-state index in [1.54, 1.807) is 6.92 Å². The highest BCUT2D eigenvalue weighted by molar-refractivity contribution is 7.17. The highest BCUT2D eigenvalue weighted by Crippen LogP contribution is 2.44. The van der Waals surface area contributed by atoms with Gasteiger partial charge in [0.05, 0.1) is 12.3 Å². The Labute approximate surface area is 193 Å². The summed E-state index contributed by atoms with van der Waals surface area (Å²) in [5.41, 5.74) is 4.74. The van der Waals surface area contributed by atoms with E-state index in [4.69, 9.17) is 14.9 Å². The number of amides is 2. The van der Waals surface area contributed by atoms with E-state index in [0.717, 1.165) is 33.6 Å². The number of aliphatic hydroxyl groups excluding tert-OH is 1. The van der Waals surface area contributed by atoms with Gasteiger partial charge in [0.1, 0.15) is 11.5 Å². The van der Waals surface area contributed by atoms with Crippen LogP contribution in [0.2, 0.25) is 0 Å². The van der Waals surface area contributed by atoms with Crippen LogP contribution in [0.25, 0.3) is 11.1 Å². The van der Waals surface area contributed by atoms with Crippen LogP contribution < -0.4 is 10.6 Å². The molecule has 9 nitrogen and oxygen atoms in total. The summed E-state index contributed by atoms with van der Waals surface area (Å²) in [6.07, 6.45) is -0.712. The second-order valence-electron chi connectivity index (χ2n) is 7.43. The normalized spacial score (nSPS) is 13.0. The number of aromatic nitrogens is 1. The molecule has 1 aromatic heterocycles. The summed E-state index contributed by atoms with van der Waals surface area (Å²) in [5.74, 6) is -2.15. The second kappa shape index (κ2) is 9.39. The lowest BCUT2D eigenvalue weighted by atomic mass is 9.98. The van der Waals surface area contributed by atoms with E-state index < -0.39 is 30.6 Å². The molecule has 0 radical (unpaired) electrons. The Morgan fingerprint density at radius 2 is 1.70 bits per heavy atom. The minimum atomic E-state index is -1.43. The summed E-state index contributed by atoms with van der Waals surface area (Å²) in [6, 6.07) is 14.6. The molecule has 1 atom stereocenters.